The van der Waals surface area contributed by atoms with Crippen LogP contribution in [0.4, 0.5) is 0 Å². The Labute approximate surface area is 155 Å². The Balaban J connectivity index is 2.00. The van der Waals surface area contributed by atoms with E-state index in [1.54, 1.807) is 11.9 Å². The van der Waals surface area contributed by atoms with Gasteiger partial charge < -0.3 is 14.6 Å². The van der Waals surface area contributed by atoms with E-state index in [1.807, 2.05) is 37.3 Å². The lowest BCUT2D eigenvalue weighted by Gasteiger charge is -2.25. The van der Waals surface area contributed by atoms with Crippen LogP contribution >= 0.6 is 11.8 Å². The number of nitrogens with one attached hydrogen (secondary N) is 1. The fourth-order valence-electron chi connectivity index (χ4n) is 2.27. The summed E-state index contributed by atoms with van der Waals surface area (Å²) in [6, 6.07) is 10.9. The van der Waals surface area contributed by atoms with Crippen molar-refractivity contribution in [2.45, 2.75) is 24.5 Å². The van der Waals surface area contributed by atoms with E-state index in [-0.39, 0.29) is 29.7 Å². The summed E-state index contributed by atoms with van der Waals surface area (Å²) in [7, 11) is 3.01. The van der Waals surface area contributed by atoms with Crippen LogP contribution in [0.2, 0.25) is 0 Å². The van der Waals surface area contributed by atoms with Crippen LogP contribution < -0.4 is 5.56 Å². The molecule has 1 heterocycles. The number of amides is 1. The highest BCUT2D eigenvalue weighted by Gasteiger charge is 2.18. The third-order valence-electron chi connectivity index (χ3n) is 3.91. The van der Waals surface area contributed by atoms with Crippen molar-refractivity contribution < 1.29 is 14.3 Å². The molecule has 0 aliphatic carbocycles. The lowest BCUT2D eigenvalue weighted by Crippen LogP contribution is -2.31. The van der Waals surface area contributed by atoms with Crippen molar-refractivity contribution in [2.24, 2.45) is 0 Å². The minimum Gasteiger partial charge on any atom is -0.469 e. The average molecular weight is 375 g/mol. The smallest absolute Gasteiger partial charge is 0.311 e. The van der Waals surface area contributed by atoms with Gasteiger partial charge in [-0.15, -0.1) is 0 Å². The molecule has 138 valence electrons. The van der Waals surface area contributed by atoms with Gasteiger partial charge in [-0.1, -0.05) is 42.1 Å². The summed E-state index contributed by atoms with van der Waals surface area (Å²) in [6.45, 7) is 1.95. The molecule has 26 heavy (non-hydrogen) atoms. The molecule has 0 spiro atoms. The molecule has 1 atom stereocenters. The molecule has 1 aromatic carbocycles. The average Bonchev–Trinajstić information content (AvgIpc) is 2.65. The van der Waals surface area contributed by atoms with E-state index in [2.05, 4.69) is 14.7 Å². The molecule has 0 unspecified atom stereocenters. The van der Waals surface area contributed by atoms with Gasteiger partial charge in [-0.25, -0.2) is 4.98 Å². The normalized spacial score (nSPS) is 11.7. The van der Waals surface area contributed by atoms with Gasteiger partial charge in [0, 0.05) is 13.1 Å². The highest BCUT2D eigenvalue weighted by atomic mass is 32.2. The van der Waals surface area contributed by atoms with Crippen LogP contribution in [-0.4, -0.2) is 46.7 Å². The van der Waals surface area contributed by atoms with Gasteiger partial charge in [0.15, 0.2) is 5.16 Å². The Morgan fingerprint density at radius 3 is 2.65 bits per heavy atom. The fourth-order valence-corrected chi connectivity index (χ4v) is 3.08. The Bertz CT molecular complexity index is 823. The number of aromatic amines is 1. The van der Waals surface area contributed by atoms with Crippen molar-refractivity contribution in [3.63, 3.8) is 0 Å². The SMILES string of the molecule is COC(=O)Cc1cc(=O)[nH]c(SCC(=O)N(C)[C@@H](C)c2ccccc2)n1. The minimum absolute atomic E-state index is 0.0676. The lowest BCUT2D eigenvalue weighted by molar-refractivity contribution is -0.139. The Morgan fingerprint density at radius 1 is 1.31 bits per heavy atom. The summed E-state index contributed by atoms with van der Waals surface area (Å²) in [4.78, 5) is 43.9. The molecule has 0 saturated carbocycles. The Morgan fingerprint density at radius 2 is 2.00 bits per heavy atom. The van der Waals surface area contributed by atoms with Crippen molar-refractivity contribution in [1.82, 2.24) is 14.9 Å². The number of methoxy groups -OCH3 is 1. The molecule has 7 nitrogen and oxygen atoms in total. The van der Waals surface area contributed by atoms with Gasteiger partial charge in [0.25, 0.3) is 5.56 Å². The van der Waals surface area contributed by atoms with E-state index >= 15 is 0 Å². The van der Waals surface area contributed by atoms with Crippen molar-refractivity contribution >= 4 is 23.6 Å². The van der Waals surface area contributed by atoms with Crippen LogP contribution in [0.1, 0.15) is 24.2 Å². The molecule has 0 radical (unpaired) electrons. The van der Waals surface area contributed by atoms with Gasteiger partial charge in [0.2, 0.25) is 5.91 Å². The van der Waals surface area contributed by atoms with Crippen LogP contribution in [0, 0.1) is 0 Å². The molecule has 0 aliphatic rings. The first-order valence-corrected chi connectivity index (χ1v) is 8.99. The molecule has 0 fully saturated rings. The molecular formula is C18H21N3O4S. The van der Waals surface area contributed by atoms with E-state index in [9.17, 15) is 14.4 Å². The highest BCUT2D eigenvalue weighted by Crippen LogP contribution is 2.20. The van der Waals surface area contributed by atoms with Gasteiger partial charge in [-0.3, -0.25) is 14.4 Å². The number of hydrogen-bond donors (Lipinski definition) is 1. The summed E-state index contributed by atoms with van der Waals surface area (Å²) in [6.07, 6.45) is -0.0904. The van der Waals surface area contributed by atoms with Gasteiger partial charge >= 0.3 is 5.97 Å². The number of esters is 1. The van der Waals surface area contributed by atoms with Gasteiger partial charge in [0.05, 0.1) is 31.0 Å². The number of carbonyl (C=O) groups excluding carboxylic acids is 2. The highest BCUT2D eigenvalue weighted by molar-refractivity contribution is 7.99. The summed E-state index contributed by atoms with van der Waals surface area (Å²) in [5, 5.41) is 0.297. The zero-order chi connectivity index (χ0) is 19.1. The maximum atomic E-state index is 12.4. The first-order chi connectivity index (χ1) is 12.4. The fraction of sp³-hybridized carbons (Fsp3) is 0.333. The van der Waals surface area contributed by atoms with E-state index in [4.69, 9.17) is 0 Å². The van der Waals surface area contributed by atoms with Gasteiger partial charge in [0.1, 0.15) is 0 Å². The number of rotatable bonds is 7. The molecule has 1 aromatic heterocycles. The summed E-state index contributed by atoms with van der Waals surface area (Å²) >= 11 is 1.12. The molecular weight excluding hydrogens is 354 g/mol. The quantitative estimate of drug-likeness (QED) is 0.451. The molecule has 8 heteroatoms. The van der Waals surface area contributed by atoms with Crippen LogP contribution in [0.5, 0.6) is 0 Å². The van der Waals surface area contributed by atoms with Gasteiger partial charge in [-0.2, -0.15) is 0 Å². The first-order valence-electron chi connectivity index (χ1n) is 8.01. The molecule has 1 amide bonds. The number of aromatic nitrogens is 2. The second-order valence-corrected chi connectivity index (χ2v) is 6.64. The molecule has 2 rings (SSSR count). The van der Waals surface area contributed by atoms with E-state index in [1.165, 1.54) is 13.2 Å². The predicted molar refractivity (Wildman–Crippen MR) is 98.9 cm³/mol. The summed E-state index contributed by atoms with van der Waals surface area (Å²) in [5.74, 6) is -0.447. The standard InChI is InChI=1S/C18H21N3O4S/c1-12(13-7-5-4-6-8-13)21(2)16(23)11-26-18-19-14(9-15(22)20-18)10-17(24)25-3/h4-9,12H,10-11H2,1-3H3,(H,19,20,22)/t12-/m0/s1. The Hall–Kier alpha value is -2.61. The predicted octanol–water partition coefficient (Wildman–Crippen LogP) is 1.80. The first kappa shape index (κ1) is 19.7. The number of carbonyl (C=O) groups is 2. The molecule has 0 saturated heterocycles. The van der Waals surface area contributed by atoms with Crippen molar-refractivity contribution in [2.75, 3.05) is 19.9 Å². The molecule has 1 N–H and O–H groups in total. The number of nitrogens with zero attached hydrogens (tertiary/aromatic N) is 2. The number of hydrogen-bond acceptors (Lipinski definition) is 6. The second kappa shape index (κ2) is 9.19. The van der Waals surface area contributed by atoms with Crippen LogP contribution in [-0.2, 0) is 20.7 Å². The second-order valence-electron chi connectivity index (χ2n) is 5.67. The van der Waals surface area contributed by atoms with Crippen molar-refractivity contribution in [3.8, 4) is 0 Å². The topological polar surface area (TPSA) is 92.4 Å². The van der Waals surface area contributed by atoms with Crippen molar-refractivity contribution in [3.05, 3.63) is 58.0 Å². The van der Waals surface area contributed by atoms with E-state index < -0.39 is 5.97 Å². The maximum Gasteiger partial charge on any atom is 0.311 e. The van der Waals surface area contributed by atoms with E-state index in [0.717, 1.165) is 17.3 Å². The third kappa shape index (κ3) is 5.45. The molecule has 2 aromatic rings. The molecule has 0 aliphatic heterocycles. The zero-order valence-corrected chi connectivity index (χ0v) is 15.7. The maximum absolute atomic E-state index is 12.4. The number of thioether (sulfide) groups is 1. The number of ether oxygens (including phenoxy) is 1. The monoisotopic (exact) mass is 375 g/mol. The summed E-state index contributed by atoms with van der Waals surface area (Å²) < 4.78 is 4.57. The van der Waals surface area contributed by atoms with Crippen molar-refractivity contribution in [1.29, 1.82) is 0 Å². The number of H-pyrrole nitrogens is 1. The minimum atomic E-state index is -0.480. The lowest BCUT2D eigenvalue weighted by atomic mass is 10.1. The molecule has 0 bridgehead atoms. The summed E-state index contributed by atoms with van der Waals surface area (Å²) in [5.41, 5.74) is 0.973. The zero-order valence-electron chi connectivity index (χ0n) is 14.9. The van der Waals surface area contributed by atoms with E-state index in [0.29, 0.717) is 10.9 Å². The van der Waals surface area contributed by atoms with Gasteiger partial charge in [-0.05, 0) is 12.5 Å². The largest absolute Gasteiger partial charge is 0.469 e. The Kier molecular flexibility index (Phi) is 6.97. The van der Waals surface area contributed by atoms with Crippen LogP contribution in [0.25, 0.3) is 0 Å². The third-order valence-corrected chi connectivity index (χ3v) is 4.77. The van der Waals surface area contributed by atoms with Crippen LogP contribution in [0.3, 0.4) is 0 Å². The van der Waals surface area contributed by atoms with Crippen LogP contribution in [0.15, 0.2) is 46.3 Å². The number of benzene rings is 1.